The summed E-state index contributed by atoms with van der Waals surface area (Å²) in [5.41, 5.74) is 0.442. The maximum Gasteiger partial charge on any atom is 0.311 e. The van der Waals surface area contributed by atoms with Crippen LogP contribution in [0.4, 0.5) is 0 Å². The number of rotatable bonds is 3. The van der Waals surface area contributed by atoms with Gasteiger partial charge in [-0.2, -0.15) is 0 Å². The Labute approximate surface area is 106 Å². The maximum atomic E-state index is 11.8. The van der Waals surface area contributed by atoms with Gasteiger partial charge in [-0.3, -0.25) is 9.59 Å². The summed E-state index contributed by atoms with van der Waals surface area (Å²) in [6.45, 7) is 0. The Bertz CT molecular complexity index is 599. The number of ketones is 1. The molecule has 0 amide bonds. The van der Waals surface area contributed by atoms with Crippen LogP contribution in [0.1, 0.15) is 16.8 Å². The quantitative estimate of drug-likeness (QED) is 0.698. The van der Waals surface area contributed by atoms with Crippen LogP contribution < -0.4 is 0 Å². The zero-order valence-corrected chi connectivity index (χ0v) is 10.4. The first kappa shape index (κ1) is 11.8. The van der Waals surface area contributed by atoms with Gasteiger partial charge in [-0.1, -0.05) is 46.3 Å². The van der Waals surface area contributed by atoms with Gasteiger partial charge in [0, 0.05) is 15.4 Å². The lowest BCUT2D eigenvalue weighted by molar-refractivity contribution is -0.135. The van der Waals surface area contributed by atoms with E-state index in [0.717, 1.165) is 15.2 Å². The predicted octanol–water partition coefficient (Wildman–Crippen LogP) is 3.26. The van der Waals surface area contributed by atoms with E-state index in [0.29, 0.717) is 5.56 Å². The number of aliphatic carboxylic acids is 1. The minimum Gasteiger partial charge on any atom is -0.481 e. The molecule has 0 aromatic heterocycles. The lowest BCUT2D eigenvalue weighted by Gasteiger charge is -2.06. The summed E-state index contributed by atoms with van der Waals surface area (Å²) in [6, 6.07) is 10.9. The van der Waals surface area contributed by atoms with Crippen LogP contribution in [-0.4, -0.2) is 16.9 Å². The molecule has 17 heavy (non-hydrogen) atoms. The largest absolute Gasteiger partial charge is 0.481 e. The highest BCUT2D eigenvalue weighted by molar-refractivity contribution is 9.10. The molecule has 4 heteroatoms. The van der Waals surface area contributed by atoms with E-state index >= 15 is 0 Å². The molecule has 0 radical (unpaired) electrons. The van der Waals surface area contributed by atoms with E-state index in [1.807, 2.05) is 24.3 Å². The number of benzene rings is 2. The molecule has 3 nitrogen and oxygen atoms in total. The molecule has 0 aliphatic heterocycles. The Kier molecular flexibility index (Phi) is 3.24. The summed E-state index contributed by atoms with van der Waals surface area (Å²) in [5.74, 6) is -1.49. The average molecular weight is 293 g/mol. The van der Waals surface area contributed by atoms with E-state index in [4.69, 9.17) is 5.11 Å². The number of carboxylic acid groups (broad SMARTS) is 1. The third kappa shape index (κ3) is 2.36. The Morgan fingerprint density at radius 3 is 2.41 bits per heavy atom. The minimum absolute atomic E-state index is 0.380. The fourth-order valence-electron chi connectivity index (χ4n) is 1.76. The standard InChI is InChI=1S/C13H9BrO3/c14-10-6-2-4-8-3-1-5-9(13(8)10)11(15)7-12(16)17/h1-6H,7H2,(H,16,17). The van der Waals surface area contributed by atoms with Crippen molar-refractivity contribution in [3.8, 4) is 0 Å². The number of hydrogen-bond acceptors (Lipinski definition) is 2. The van der Waals surface area contributed by atoms with Crippen LogP contribution in [0.25, 0.3) is 10.8 Å². The Hall–Kier alpha value is -1.68. The van der Waals surface area contributed by atoms with Gasteiger partial charge in [0.15, 0.2) is 5.78 Å². The number of carbonyl (C=O) groups excluding carboxylic acids is 1. The zero-order chi connectivity index (χ0) is 12.4. The van der Waals surface area contributed by atoms with Crippen molar-refractivity contribution in [3.63, 3.8) is 0 Å². The van der Waals surface area contributed by atoms with E-state index in [1.54, 1.807) is 12.1 Å². The van der Waals surface area contributed by atoms with E-state index in [1.165, 1.54) is 0 Å². The molecule has 2 rings (SSSR count). The van der Waals surface area contributed by atoms with E-state index < -0.39 is 12.4 Å². The van der Waals surface area contributed by atoms with Crippen LogP contribution in [0.2, 0.25) is 0 Å². The molecular weight excluding hydrogens is 284 g/mol. The summed E-state index contributed by atoms with van der Waals surface area (Å²) in [6.07, 6.45) is -0.486. The van der Waals surface area contributed by atoms with Crippen LogP contribution in [0.5, 0.6) is 0 Å². The third-order valence-electron chi connectivity index (χ3n) is 2.47. The number of fused-ring (bicyclic) bond motifs is 1. The molecule has 0 saturated carbocycles. The third-order valence-corrected chi connectivity index (χ3v) is 3.13. The molecule has 0 bridgehead atoms. The lowest BCUT2D eigenvalue weighted by Crippen LogP contribution is -2.07. The van der Waals surface area contributed by atoms with Crippen molar-refractivity contribution in [2.45, 2.75) is 6.42 Å². The van der Waals surface area contributed by atoms with Crippen molar-refractivity contribution in [2.24, 2.45) is 0 Å². The SMILES string of the molecule is O=C(O)CC(=O)c1cccc2cccc(Br)c12. The van der Waals surface area contributed by atoms with Crippen LogP contribution in [-0.2, 0) is 4.79 Å². The second-order valence-corrected chi connectivity index (χ2v) is 4.49. The summed E-state index contributed by atoms with van der Waals surface area (Å²) in [7, 11) is 0. The Morgan fingerprint density at radius 1 is 1.12 bits per heavy atom. The molecule has 0 saturated heterocycles. The highest BCUT2D eigenvalue weighted by Crippen LogP contribution is 2.27. The number of Topliss-reactive ketones (excluding diaryl/α,β-unsaturated/α-hetero) is 1. The Balaban J connectivity index is 2.61. The first-order chi connectivity index (χ1) is 8.09. The molecule has 0 atom stereocenters. The van der Waals surface area contributed by atoms with Crippen LogP contribution in [0, 0.1) is 0 Å². The van der Waals surface area contributed by atoms with Crippen molar-refractivity contribution in [1.29, 1.82) is 0 Å². The molecule has 0 aliphatic carbocycles. The molecule has 2 aromatic rings. The monoisotopic (exact) mass is 292 g/mol. The van der Waals surface area contributed by atoms with Gasteiger partial charge >= 0.3 is 5.97 Å². The van der Waals surface area contributed by atoms with Gasteiger partial charge in [0.25, 0.3) is 0 Å². The predicted molar refractivity (Wildman–Crippen MR) is 68.2 cm³/mol. The van der Waals surface area contributed by atoms with Crippen molar-refractivity contribution < 1.29 is 14.7 Å². The van der Waals surface area contributed by atoms with Gasteiger partial charge < -0.3 is 5.11 Å². The van der Waals surface area contributed by atoms with Crippen molar-refractivity contribution in [3.05, 3.63) is 46.4 Å². The fourth-order valence-corrected chi connectivity index (χ4v) is 2.36. The van der Waals surface area contributed by atoms with Gasteiger partial charge in [-0.15, -0.1) is 0 Å². The molecule has 1 N–H and O–H groups in total. The van der Waals surface area contributed by atoms with Crippen molar-refractivity contribution in [1.82, 2.24) is 0 Å². The van der Waals surface area contributed by atoms with E-state index in [-0.39, 0.29) is 5.78 Å². The second-order valence-electron chi connectivity index (χ2n) is 3.64. The molecule has 0 fully saturated rings. The molecule has 0 aliphatic rings. The van der Waals surface area contributed by atoms with Crippen molar-refractivity contribution in [2.75, 3.05) is 0 Å². The normalized spacial score (nSPS) is 10.4. The molecule has 0 spiro atoms. The van der Waals surface area contributed by atoms with Gasteiger partial charge in [-0.25, -0.2) is 0 Å². The zero-order valence-electron chi connectivity index (χ0n) is 8.81. The lowest BCUT2D eigenvalue weighted by atomic mass is 10.00. The minimum atomic E-state index is -1.11. The number of carbonyl (C=O) groups is 2. The first-order valence-corrected chi connectivity index (χ1v) is 5.81. The molecule has 86 valence electrons. The maximum absolute atomic E-state index is 11.8. The highest BCUT2D eigenvalue weighted by Gasteiger charge is 2.14. The van der Waals surface area contributed by atoms with Crippen molar-refractivity contribution >= 4 is 38.5 Å². The van der Waals surface area contributed by atoms with E-state index in [9.17, 15) is 9.59 Å². The summed E-state index contributed by atoms with van der Waals surface area (Å²) in [5, 5.41) is 10.3. The summed E-state index contributed by atoms with van der Waals surface area (Å²) >= 11 is 3.38. The fraction of sp³-hybridized carbons (Fsp3) is 0.0769. The Morgan fingerprint density at radius 2 is 1.76 bits per heavy atom. The van der Waals surface area contributed by atoms with Gasteiger partial charge in [0.1, 0.15) is 6.42 Å². The van der Waals surface area contributed by atoms with E-state index in [2.05, 4.69) is 15.9 Å². The first-order valence-electron chi connectivity index (χ1n) is 5.02. The number of hydrogen-bond donors (Lipinski definition) is 1. The number of carboxylic acids is 1. The number of halogens is 1. The molecule has 0 unspecified atom stereocenters. The van der Waals surface area contributed by atoms with Crippen LogP contribution in [0.15, 0.2) is 40.9 Å². The smallest absolute Gasteiger partial charge is 0.311 e. The molecular formula is C13H9BrO3. The molecule has 0 heterocycles. The topological polar surface area (TPSA) is 54.4 Å². The molecule has 2 aromatic carbocycles. The van der Waals surface area contributed by atoms with Crippen LogP contribution >= 0.6 is 15.9 Å². The van der Waals surface area contributed by atoms with Gasteiger partial charge in [0.05, 0.1) is 0 Å². The average Bonchev–Trinajstić information content (AvgIpc) is 2.28. The summed E-state index contributed by atoms with van der Waals surface area (Å²) < 4.78 is 0.796. The highest BCUT2D eigenvalue weighted by atomic mass is 79.9. The summed E-state index contributed by atoms with van der Waals surface area (Å²) in [4.78, 5) is 22.4. The van der Waals surface area contributed by atoms with Gasteiger partial charge in [-0.05, 0) is 11.5 Å². The second kappa shape index (κ2) is 4.67. The van der Waals surface area contributed by atoms with Gasteiger partial charge in [0.2, 0.25) is 0 Å². The van der Waals surface area contributed by atoms with Crippen LogP contribution in [0.3, 0.4) is 0 Å².